The summed E-state index contributed by atoms with van der Waals surface area (Å²) in [5.41, 5.74) is 4.96. The van der Waals surface area contributed by atoms with Gasteiger partial charge in [0.2, 0.25) is 0 Å². The number of nitrogens with one attached hydrogen (secondary N) is 2. The maximum atomic E-state index is 12.4. The minimum absolute atomic E-state index is 0.0401. The van der Waals surface area contributed by atoms with E-state index in [9.17, 15) is 31.4 Å². The predicted octanol–water partition coefficient (Wildman–Crippen LogP) is 6.01. The molecule has 2 aromatic carbocycles. The molecule has 2 atom stereocenters. The summed E-state index contributed by atoms with van der Waals surface area (Å²) in [6.07, 6.45) is -6.30. The van der Waals surface area contributed by atoms with Crippen molar-refractivity contribution in [1.82, 2.24) is 9.88 Å². The molecule has 1 aromatic heterocycles. The van der Waals surface area contributed by atoms with Gasteiger partial charge in [0, 0.05) is 29.1 Å². The lowest BCUT2D eigenvalue weighted by Crippen LogP contribution is -2.41. The van der Waals surface area contributed by atoms with E-state index in [1.54, 1.807) is 30.3 Å². The molecular weight excluding hydrogens is 488 g/mol. The number of benzene rings is 2. The Bertz CT molecular complexity index is 1230. The van der Waals surface area contributed by atoms with Crippen LogP contribution in [0, 0.1) is 6.92 Å². The Hall–Kier alpha value is -3.44. The lowest BCUT2D eigenvalue weighted by atomic mass is 9.91. The number of anilines is 1. The first-order valence-corrected chi connectivity index (χ1v) is 11.0. The largest absolute Gasteiger partial charge is 0.573 e. The van der Waals surface area contributed by atoms with E-state index >= 15 is 0 Å². The Kier molecular flexibility index (Phi) is 7.05. The quantitative estimate of drug-likeness (QED) is 0.269. The zero-order valence-corrected chi connectivity index (χ0v) is 19.0. The number of aromatic nitrogens is 1. The highest BCUT2D eigenvalue weighted by Gasteiger charge is 2.31. The van der Waals surface area contributed by atoms with Crippen LogP contribution in [0.3, 0.4) is 0 Å². The number of nitrogens with zero attached hydrogens (tertiary/aromatic N) is 1. The van der Waals surface area contributed by atoms with E-state index in [1.165, 1.54) is 12.1 Å². The van der Waals surface area contributed by atoms with Gasteiger partial charge in [-0.2, -0.15) is 13.2 Å². The average Bonchev–Trinajstić information content (AvgIpc) is 3.13. The number of aryl methyl sites for hydroxylation is 1. The Morgan fingerprint density at radius 3 is 2.44 bits per heavy atom. The van der Waals surface area contributed by atoms with Crippen molar-refractivity contribution in [2.24, 2.45) is 0 Å². The minimum atomic E-state index is -4.74. The van der Waals surface area contributed by atoms with Crippen LogP contribution < -0.4 is 15.4 Å². The maximum Gasteiger partial charge on any atom is 0.573 e. The summed E-state index contributed by atoms with van der Waals surface area (Å²) in [4.78, 5) is 0. The molecule has 11 heteroatoms. The Balaban J connectivity index is 1.50. The molecule has 192 valence electrons. The summed E-state index contributed by atoms with van der Waals surface area (Å²) in [5, 5.41) is 14.4. The second kappa shape index (κ2) is 9.90. The fraction of sp³-hybridized carbons (Fsp3) is 0.280. The summed E-state index contributed by atoms with van der Waals surface area (Å²) < 4.78 is 80.3. The first-order valence-electron chi connectivity index (χ1n) is 11.0. The highest BCUT2D eigenvalue weighted by Crippen LogP contribution is 2.36. The van der Waals surface area contributed by atoms with Gasteiger partial charge in [0.05, 0.1) is 12.2 Å². The number of hydrogen-bond acceptors (Lipinski definition) is 4. The third-order valence-electron chi connectivity index (χ3n) is 5.74. The zero-order valence-electron chi connectivity index (χ0n) is 19.0. The van der Waals surface area contributed by atoms with Crippen LogP contribution in [-0.4, -0.2) is 35.1 Å². The van der Waals surface area contributed by atoms with Crippen molar-refractivity contribution in [2.45, 2.75) is 38.2 Å². The van der Waals surface area contributed by atoms with Crippen LogP contribution in [0.1, 0.15) is 22.7 Å². The van der Waals surface area contributed by atoms with Crippen LogP contribution in [-0.2, 0) is 6.42 Å². The normalized spacial score (nSPS) is 16.5. The molecule has 0 amide bonds. The third kappa shape index (κ3) is 6.41. The average molecular weight is 511 g/mol. The Morgan fingerprint density at radius 1 is 1.06 bits per heavy atom. The smallest absolute Gasteiger partial charge is 0.406 e. The van der Waals surface area contributed by atoms with Gasteiger partial charge < -0.3 is 19.7 Å². The van der Waals surface area contributed by atoms with Crippen LogP contribution in [0.15, 0.2) is 60.7 Å². The second-order valence-electron chi connectivity index (χ2n) is 8.42. The van der Waals surface area contributed by atoms with Crippen LogP contribution in [0.2, 0.25) is 0 Å². The molecular formula is C25H23F6N3O2. The second-order valence-corrected chi connectivity index (χ2v) is 8.42. The fourth-order valence-electron chi connectivity index (χ4n) is 4.15. The van der Waals surface area contributed by atoms with Gasteiger partial charge >= 0.3 is 12.5 Å². The summed E-state index contributed by atoms with van der Waals surface area (Å²) in [6.45, 7) is 0.620. The van der Waals surface area contributed by atoms with Gasteiger partial charge in [-0.1, -0.05) is 30.3 Å². The van der Waals surface area contributed by atoms with Gasteiger partial charge in [-0.3, -0.25) is 5.32 Å². The molecule has 3 N–H and O–H groups in total. The number of hydrogen-bond donors (Lipinski definition) is 3. The van der Waals surface area contributed by atoms with Crippen molar-refractivity contribution in [3.63, 3.8) is 0 Å². The molecule has 4 rings (SSSR count). The molecule has 3 aromatic rings. The van der Waals surface area contributed by atoms with E-state index in [1.807, 2.05) is 41.2 Å². The highest BCUT2D eigenvalue weighted by molar-refractivity contribution is 5.70. The van der Waals surface area contributed by atoms with E-state index in [2.05, 4.69) is 10.1 Å². The molecule has 0 radical (unpaired) electrons. The summed E-state index contributed by atoms with van der Waals surface area (Å²) in [6, 6.07) is 14.7. The molecule has 1 aliphatic heterocycles. The molecule has 2 unspecified atom stereocenters. The lowest BCUT2D eigenvalue weighted by Gasteiger charge is -2.22. The van der Waals surface area contributed by atoms with Crippen LogP contribution in [0.4, 0.5) is 32.0 Å². The number of ether oxygens (including phenoxy) is 1. The van der Waals surface area contributed by atoms with E-state index in [4.69, 9.17) is 0 Å². The lowest BCUT2D eigenvalue weighted by molar-refractivity contribution is -0.274. The first kappa shape index (κ1) is 25.6. The number of allylic oxidation sites excluding steroid dienone is 1. The molecule has 5 nitrogen and oxygen atoms in total. The maximum absolute atomic E-state index is 12.4. The monoisotopic (exact) mass is 511 g/mol. The highest BCUT2D eigenvalue weighted by atomic mass is 19.4. The minimum Gasteiger partial charge on any atom is -0.406 e. The van der Waals surface area contributed by atoms with Gasteiger partial charge in [0.15, 0.2) is 6.35 Å². The predicted molar refractivity (Wildman–Crippen MR) is 123 cm³/mol. The third-order valence-corrected chi connectivity index (χ3v) is 5.74. The van der Waals surface area contributed by atoms with Gasteiger partial charge in [0.25, 0.3) is 0 Å². The van der Waals surface area contributed by atoms with Crippen LogP contribution in [0.5, 0.6) is 5.75 Å². The zero-order chi connectivity index (χ0) is 26.1. The summed E-state index contributed by atoms with van der Waals surface area (Å²) in [5.74, 6) is -0.318. The summed E-state index contributed by atoms with van der Waals surface area (Å²) >= 11 is 0. The SMILES string of the molecule is Cc1cc(-c2cccc(NC(O)NCC(F)(F)F)c2)n2c1CC(c1ccc(OC(F)(F)F)cc1)C=C2. The van der Waals surface area contributed by atoms with Crippen molar-refractivity contribution < 1.29 is 36.2 Å². The molecule has 36 heavy (non-hydrogen) atoms. The van der Waals surface area contributed by atoms with Gasteiger partial charge in [-0.05, 0) is 54.8 Å². The van der Waals surface area contributed by atoms with Crippen LogP contribution >= 0.6 is 0 Å². The topological polar surface area (TPSA) is 58.5 Å². The molecule has 0 bridgehead atoms. The molecule has 0 aliphatic carbocycles. The first-order chi connectivity index (χ1) is 16.9. The summed E-state index contributed by atoms with van der Waals surface area (Å²) in [7, 11) is 0. The van der Waals surface area contributed by atoms with Gasteiger partial charge in [-0.25, -0.2) is 0 Å². The van der Waals surface area contributed by atoms with E-state index in [-0.39, 0.29) is 11.7 Å². The molecule has 0 spiro atoms. The van der Waals surface area contributed by atoms with Gasteiger partial charge in [0.1, 0.15) is 5.75 Å². The number of rotatable bonds is 7. The van der Waals surface area contributed by atoms with Crippen LogP contribution in [0.25, 0.3) is 17.5 Å². The number of fused-ring (bicyclic) bond motifs is 1. The molecule has 0 saturated heterocycles. The fourth-order valence-corrected chi connectivity index (χ4v) is 4.15. The Labute approximate surface area is 203 Å². The Morgan fingerprint density at radius 2 is 1.78 bits per heavy atom. The molecule has 0 fully saturated rings. The van der Waals surface area contributed by atoms with E-state index in [0.717, 1.165) is 28.1 Å². The number of alkyl halides is 6. The number of aliphatic hydroxyl groups is 1. The van der Waals surface area contributed by atoms with Crippen molar-refractivity contribution in [1.29, 1.82) is 0 Å². The molecule has 0 saturated carbocycles. The van der Waals surface area contributed by atoms with Crippen molar-refractivity contribution >= 4 is 11.9 Å². The number of aliphatic hydroxyl groups excluding tert-OH is 1. The van der Waals surface area contributed by atoms with E-state index in [0.29, 0.717) is 12.1 Å². The van der Waals surface area contributed by atoms with Crippen molar-refractivity contribution in [3.05, 3.63) is 77.5 Å². The molecule has 1 aliphatic rings. The number of halogens is 6. The van der Waals surface area contributed by atoms with Crippen molar-refractivity contribution in [2.75, 3.05) is 11.9 Å². The molecule has 2 heterocycles. The van der Waals surface area contributed by atoms with Crippen molar-refractivity contribution in [3.8, 4) is 17.0 Å². The van der Waals surface area contributed by atoms with Gasteiger partial charge in [-0.15, -0.1) is 13.2 Å². The van der Waals surface area contributed by atoms with E-state index < -0.39 is 25.4 Å². The standard InChI is InChI=1S/C25H23F6N3O2/c1-15-11-22(18-3-2-4-19(12-18)33-23(35)32-14-24(26,27)28)34-10-9-17(13-21(15)34)16-5-7-20(8-6-16)36-25(29,30)31/h2-12,17,23,32-33,35H,13-14H2,1H3.